The highest BCUT2D eigenvalue weighted by Crippen LogP contribution is 2.25. The fraction of sp³-hybridized carbons (Fsp3) is 0.294. The molecule has 0 saturated heterocycles. The monoisotopic (exact) mass is 338 g/mol. The van der Waals surface area contributed by atoms with E-state index in [9.17, 15) is 0 Å². The molecule has 0 heterocycles. The van der Waals surface area contributed by atoms with Gasteiger partial charge < -0.3 is 15.4 Å². The molecule has 2 N–H and O–H groups in total. The van der Waals surface area contributed by atoms with Crippen LogP contribution in [0, 0.1) is 0 Å². The molecule has 0 aliphatic carbocycles. The third-order valence-electron chi connectivity index (χ3n) is 2.93. The highest BCUT2D eigenvalue weighted by molar-refractivity contribution is 6.36. The van der Waals surface area contributed by atoms with E-state index in [0.29, 0.717) is 10.0 Å². The Bertz CT molecular complexity index is 600. The first-order valence-corrected chi connectivity index (χ1v) is 7.99. The van der Waals surface area contributed by atoms with Gasteiger partial charge in [-0.2, -0.15) is 0 Å². The molecule has 0 amide bonds. The molecule has 5 heteroatoms. The van der Waals surface area contributed by atoms with E-state index in [4.69, 9.17) is 27.9 Å². The molecule has 0 aliphatic rings. The Hall–Kier alpha value is -1.58. The normalized spacial score (nSPS) is 10.6. The van der Waals surface area contributed by atoms with Crippen molar-refractivity contribution in [3.05, 3.63) is 52.5 Å². The SMILES string of the molecule is CC(C)Oc1ccc(NCCNc2ccc(Cl)cc2Cl)cc1. The second-order valence-corrected chi connectivity index (χ2v) is 6.01. The predicted octanol–water partition coefficient (Wildman–Crippen LogP) is 5.30. The van der Waals surface area contributed by atoms with Gasteiger partial charge in [0.1, 0.15) is 5.75 Å². The lowest BCUT2D eigenvalue weighted by Crippen LogP contribution is -2.13. The van der Waals surface area contributed by atoms with E-state index in [2.05, 4.69) is 10.6 Å². The third-order valence-corrected chi connectivity index (χ3v) is 3.47. The van der Waals surface area contributed by atoms with Crippen molar-refractivity contribution < 1.29 is 4.74 Å². The second-order valence-electron chi connectivity index (χ2n) is 5.17. The van der Waals surface area contributed by atoms with Gasteiger partial charge in [-0.05, 0) is 56.3 Å². The number of hydrogen-bond acceptors (Lipinski definition) is 3. The van der Waals surface area contributed by atoms with Crippen LogP contribution in [0.4, 0.5) is 11.4 Å². The summed E-state index contributed by atoms with van der Waals surface area (Å²) in [7, 11) is 0. The summed E-state index contributed by atoms with van der Waals surface area (Å²) in [6, 6.07) is 13.4. The summed E-state index contributed by atoms with van der Waals surface area (Å²) in [6.45, 7) is 5.56. The van der Waals surface area contributed by atoms with E-state index in [1.54, 1.807) is 6.07 Å². The van der Waals surface area contributed by atoms with E-state index in [1.165, 1.54) is 0 Å². The van der Waals surface area contributed by atoms with Gasteiger partial charge in [-0.1, -0.05) is 23.2 Å². The maximum Gasteiger partial charge on any atom is 0.119 e. The van der Waals surface area contributed by atoms with Crippen molar-refractivity contribution in [1.29, 1.82) is 0 Å². The van der Waals surface area contributed by atoms with Gasteiger partial charge >= 0.3 is 0 Å². The molecule has 3 nitrogen and oxygen atoms in total. The van der Waals surface area contributed by atoms with Crippen LogP contribution in [0.5, 0.6) is 5.75 Å². The van der Waals surface area contributed by atoms with Crippen LogP contribution in [0.25, 0.3) is 0 Å². The zero-order valence-corrected chi connectivity index (χ0v) is 14.2. The summed E-state index contributed by atoms with van der Waals surface area (Å²) < 4.78 is 5.61. The topological polar surface area (TPSA) is 33.3 Å². The fourth-order valence-corrected chi connectivity index (χ4v) is 2.44. The van der Waals surface area contributed by atoms with E-state index in [0.717, 1.165) is 30.2 Å². The van der Waals surface area contributed by atoms with Crippen molar-refractivity contribution in [3.8, 4) is 5.75 Å². The minimum atomic E-state index is 0.187. The van der Waals surface area contributed by atoms with Crippen LogP contribution >= 0.6 is 23.2 Å². The highest BCUT2D eigenvalue weighted by Gasteiger charge is 2.01. The molecule has 22 heavy (non-hydrogen) atoms. The van der Waals surface area contributed by atoms with Crippen LogP contribution in [-0.2, 0) is 0 Å². The fourth-order valence-electron chi connectivity index (χ4n) is 1.96. The molecule has 0 spiro atoms. The summed E-state index contributed by atoms with van der Waals surface area (Å²) >= 11 is 12.0. The van der Waals surface area contributed by atoms with E-state index < -0.39 is 0 Å². The largest absolute Gasteiger partial charge is 0.491 e. The Morgan fingerprint density at radius 1 is 0.955 bits per heavy atom. The van der Waals surface area contributed by atoms with Gasteiger partial charge in [0.05, 0.1) is 16.8 Å². The first kappa shape index (κ1) is 16.8. The lowest BCUT2D eigenvalue weighted by molar-refractivity contribution is 0.242. The Kier molecular flexibility index (Phi) is 6.22. The van der Waals surface area contributed by atoms with Crippen molar-refractivity contribution in [1.82, 2.24) is 0 Å². The lowest BCUT2D eigenvalue weighted by atomic mass is 10.3. The predicted molar refractivity (Wildman–Crippen MR) is 95.6 cm³/mol. The standard InChI is InChI=1S/C17H20Cl2N2O/c1-12(2)22-15-6-4-14(5-7-15)20-9-10-21-17-8-3-13(18)11-16(17)19/h3-8,11-12,20-21H,9-10H2,1-2H3. The number of anilines is 2. The van der Waals surface area contributed by atoms with Crippen LogP contribution in [-0.4, -0.2) is 19.2 Å². The first-order chi connectivity index (χ1) is 10.5. The van der Waals surface area contributed by atoms with Gasteiger partial charge in [0.25, 0.3) is 0 Å². The molecule has 0 unspecified atom stereocenters. The Labute approximate surface area is 141 Å². The molecule has 2 rings (SSSR count). The zero-order valence-electron chi connectivity index (χ0n) is 12.7. The molecule has 0 bridgehead atoms. The highest BCUT2D eigenvalue weighted by atomic mass is 35.5. The summed E-state index contributed by atoms with van der Waals surface area (Å²) in [5.41, 5.74) is 1.94. The molecule has 0 aromatic heterocycles. The molecule has 0 atom stereocenters. The summed E-state index contributed by atoms with van der Waals surface area (Å²) in [4.78, 5) is 0. The number of ether oxygens (including phenoxy) is 1. The third kappa shape index (κ3) is 5.32. The molecule has 0 fully saturated rings. The van der Waals surface area contributed by atoms with Crippen molar-refractivity contribution >= 4 is 34.6 Å². The molecular formula is C17H20Cl2N2O. The lowest BCUT2D eigenvalue weighted by Gasteiger charge is -2.12. The Balaban J connectivity index is 1.76. The van der Waals surface area contributed by atoms with Gasteiger partial charge in [-0.15, -0.1) is 0 Å². The molecule has 118 valence electrons. The maximum atomic E-state index is 6.10. The van der Waals surface area contributed by atoms with Gasteiger partial charge in [0, 0.05) is 23.8 Å². The minimum Gasteiger partial charge on any atom is -0.491 e. The average Bonchev–Trinajstić information content (AvgIpc) is 2.46. The Morgan fingerprint density at radius 2 is 1.64 bits per heavy atom. The van der Waals surface area contributed by atoms with Crippen LogP contribution in [0.1, 0.15) is 13.8 Å². The summed E-state index contributed by atoms with van der Waals surface area (Å²) in [6.07, 6.45) is 0.187. The van der Waals surface area contributed by atoms with Crippen molar-refractivity contribution in [2.45, 2.75) is 20.0 Å². The zero-order chi connectivity index (χ0) is 15.9. The summed E-state index contributed by atoms with van der Waals surface area (Å²) in [5, 5.41) is 7.87. The average molecular weight is 339 g/mol. The number of benzene rings is 2. The van der Waals surface area contributed by atoms with E-state index in [1.807, 2.05) is 50.2 Å². The van der Waals surface area contributed by atoms with Crippen molar-refractivity contribution in [3.63, 3.8) is 0 Å². The first-order valence-electron chi connectivity index (χ1n) is 7.24. The van der Waals surface area contributed by atoms with E-state index >= 15 is 0 Å². The quantitative estimate of drug-likeness (QED) is 0.671. The molecule has 0 radical (unpaired) electrons. The van der Waals surface area contributed by atoms with Gasteiger partial charge in [-0.3, -0.25) is 0 Å². The molecule has 2 aromatic rings. The van der Waals surface area contributed by atoms with Gasteiger partial charge in [0.2, 0.25) is 0 Å². The van der Waals surface area contributed by atoms with Crippen LogP contribution in [0.3, 0.4) is 0 Å². The van der Waals surface area contributed by atoms with Crippen molar-refractivity contribution in [2.75, 3.05) is 23.7 Å². The van der Waals surface area contributed by atoms with Crippen LogP contribution < -0.4 is 15.4 Å². The Morgan fingerprint density at radius 3 is 2.27 bits per heavy atom. The number of rotatable bonds is 7. The number of hydrogen-bond donors (Lipinski definition) is 2. The van der Waals surface area contributed by atoms with Gasteiger partial charge in [-0.25, -0.2) is 0 Å². The molecular weight excluding hydrogens is 319 g/mol. The van der Waals surface area contributed by atoms with Crippen LogP contribution in [0.2, 0.25) is 10.0 Å². The van der Waals surface area contributed by atoms with Crippen LogP contribution in [0.15, 0.2) is 42.5 Å². The van der Waals surface area contributed by atoms with Gasteiger partial charge in [0.15, 0.2) is 0 Å². The van der Waals surface area contributed by atoms with Crippen molar-refractivity contribution in [2.24, 2.45) is 0 Å². The van der Waals surface area contributed by atoms with E-state index in [-0.39, 0.29) is 6.10 Å². The molecule has 0 saturated carbocycles. The molecule has 2 aromatic carbocycles. The number of nitrogens with one attached hydrogen (secondary N) is 2. The smallest absolute Gasteiger partial charge is 0.119 e. The summed E-state index contributed by atoms with van der Waals surface area (Å²) in [5.74, 6) is 0.881. The second kappa shape index (κ2) is 8.16. The maximum absolute atomic E-state index is 6.10. The molecule has 0 aliphatic heterocycles. The number of halogens is 2. The minimum absolute atomic E-state index is 0.187.